The standard InChI is InChI=1S/C24H38O8/c1-2-3-4-5-6-7-8-9-10-11-12-13-14-15-16-17-19(26)32-24(30,18-25)22-20(27)21(28)23(29)31-22/h6-7,9-10,22,25,27-28,30H,2-5,8,11-18H2,1H3/b7-6+,10-9+/t22-,24+/m0/s1. The lowest BCUT2D eigenvalue weighted by Crippen LogP contribution is -2.50. The number of allylic oxidation sites excluding steroid dienone is 4. The highest BCUT2D eigenvalue weighted by atomic mass is 16.7. The number of cyclic esters (lactones) is 1. The Morgan fingerprint density at radius 2 is 1.59 bits per heavy atom. The van der Waals surface area contributed by atoms with Gasteiger partial charge in [0.1, 0.15) is 6.61 Å². The Balaban J connectivity index is 2.12. The van der Waals surface area contributed by atoms with Crippen molar-refractivity contribution < 1.29 is 39.5 Å². The van der Waals surface area contributed by atoms with Gasteiger partial charge in [-0.25, -0.2) is 4.79 Å². The molecule has 4 N–H and O–H groups in total. The number of carbonyl (C=O) groups excluding carboxylic acids is 2. The van der Waals surface area contributed by atoms with E-state index in [4.69, 9.17) is 4.74 Å². The zero-order valence-electron chi connectivity index (χ0n) is 19.0. The lowest BCUT2D eigenvalue weighted by molar-refractivity contribution is -0.259. The van der Waals surface area contributed by atoms with E-state index < -0.39 is 42.0 Å². The van der Waals surface area contributed by atoms with Gasteiger partial charge < -0.3 is 29.9 Å². The molecular formula is C24H38O8. The average Bonchev–Trinajstić information content (AvgIpc) is 3.04. The number of hydrogen-bond acceptors (Lipinski definition) is 8. The van der Waals surface area contributed by atoms with Crippen molar-refractivity contribution in [2.45, 2.75) is 95.9 Å². The summed E-state index contributed by atoms with van der Waals surface area (Å²) in [6.45, 7) is 1.09. The zero-order valence-corrected chi connectivity index (χ0v) is 19.0. The van der Waals surface area contributed by atoms with Gasteiger partial charge in [-0.15, -0.1) is 0 Å². The molecule has 0 radical (unpaired) electrons. The lowest BCUT2D eigenvalue weighted by Gasteiger charge is -2.29. The van der Waals surface area contributed by atoms with Crippen LogP contribution in [0.25, 0.3) is 0 Å². The van der Waals surface area contributed by atoms with Gasteiger partial charge in [-0.2, -0.15) is 0 Å². The third kappa shape index (κ3) is 9.87. The topological polar surface area (TPSA) is 134 Å². The third-order valence-corrected chi connectivity index (χ3v) is 5.17. The molecule has 0 aliphatic carbocycles. The SMILES string of the molecule is CCCCC/C=C/C/C=C/CCCCCCCC(=O)O[C@](O)(CO)[C@H]1OC(=O)C(O)=C1O. The van der Waals surface area contributed by atoms with E-state index in [1.807, 2.05) is 0 Å². The van der Waals surface area contributed by atoms with Crippen LogP contribution in [0.15, 0.2) is 35.8 Å². The van der Waals surface area contributed by atoms with Gasteiger partial charge in [-0.1, -0.05) is 63.3 Å². The molecule has 32 heavy (non-hydrogen) atoms. The molecule has 0 fully saturated rings. The van der Waals surface area contributed by atoms with Gasteiger partial charge in [0.15, 0.2) is 5.76 Å². The number of aliphatic hydroxyl groups is 4. The van der Waals surface area contributed by atoms with Crippen LogP contribution >= 0.6 is 0 Å². The Kier molecular flexibility index (Phi) is 13.4. The summed E-state index contributed by atoms with van der Waals surface area (Å²) in [6, 6.07) is 0. The van der Waals surface area contributed by atoms with Crippen LogP contribution < -0.4 is 0 Å². The maximum Gasteiger partial charge on any atom is 0.378 e. The molecule has 8 heteroatoms. The first kappa shape index (κ1) is 27.7. The van der Waals surface area contributed by atoms with E-state index in [2.05, 4.69) is 36.0 Å². The summed E-state index contributed by atoms with van der Waals surface area (Å²) in [6.07, 6.45) is 18.4. The molecule has 1 aliphatic rings. The van der Waals surface area contributed by atoms with Crippen LogP contribution in [-0.2, 0) is 19.1 Å². The lowest BCUT2D eigenvalue weighted by atomic mass is 10.1. The molecule has 182 valence electrons. The molecule has 1 heterocycles. The molecule has 0 saturated carbocycles. The fraction of sp³-hybridized carbons (Fsp3) is 0.667. The molecule has 0 aromatic carbocycles. The molecule has 0 amide bonds. The smallest absolute Gasteiger partial charge is 0.378 e. The molecule has 0 spiro atoms. The van der Waals surface area contributed by atoms with Crippen molar-refractivity contribution in [2.24, 2.45) is 0 Å². The summed E-state index contributed by atoms with van der Waals surface area (Å²) in [7, 11) is 0. The molecule has 0 aromatic rings. The highest BCUT2D eigenvalue weighted by Crippen LogP contribution is 2.29. The van der Waals surface area contributed by atoms with Gasteiger partial charge in [0.25, 0.3) is 5.79 Å². The predicted molar refractivity (Wildman–Crippen MR) is 120 cm³/mol. The number of hydrogen-bond donors (Lipinski definition) is 4. The van der Waals surface area contributed by atoms with Crippen LogP contribution in [0.5, 0.6) is 0 Å². The van der Waals surface area contributed by atoms with Crippen molar-refractivity contribution in [2.75, 3.05) is 6.61 Å². The molecule has 1 aliphatic heterocycles. The maximum atomic E-state index is 12.0. The minimum Gasteiger partial charge on any atom is -0.505 e. The van der Waals surface area contributed by atoms with E-state index in [0.29, 0.717) is 6.42 Å². The monoisotopic (exact) mass is 454 g/mol. The minimum absolute atomic E-state index is 0.00390. The number of carbonyl (C=O) groups is 2. The van der Waals surface area contributed by atoms with Crippen molar-refractivity contribution in [3.05, 3.63) is 35.8 Å². The first-order chi connectivity index (χ1) is 15.4. The summed E-state index contributed by atoms with van der Waals surface area (Å²) in [5.41, 5.74) is 0. The third-order valence-electron chi connectivity index (χ3n) is 5.17. The average molecular weight is 455 g/mol. The van der Waals surface area contributed by atoms with Crippen LogP contribution in [0, 0.1) is 0 Å². The Morgan fingerprint density at radius 1 is 1.00 bits per heavy atom. The van der Waals surface area contributed by atoms with Crippen LogP contribution in [0.3, 0.4) is 0 Å². The van der Waals surface area contributed by atoms with Gasteiger partial charge in [0.05, 0.1) is 0 Å². The quantitative estimate of drug-likeness (QED) is 0.111. The number of esters is 2. The minimum atomic E-state index is -2.65. The van der Waals surface area contributed by atoms with Crippen LogP contribution in [0.4, 0.5) is 0 Å². The second kappa shape index (κ2) is 15.5. The highest BCUT2D eigenvalue weighted by Gasteiger charge is 2.51. The molecule has 0 unspecified atom stereocenters. The summed E-state index contributed by atoms with van der Waals surface area (Å²) in [4.78, 5) is 23.2. The van der Waals surface area contributed by atoms with Crippen molar-refractivity contribution in [3.8, 4) is 0 Å². The molecular weight excluding hydrogens is 416 g/mol. The van der Waals surface area contributed by atoms with E-state index in [1.165, 1.54) is 19.3 Å². The Hall–Kier alpha value is -2.32. The molecule has 1 rings (SSSR count). The Bertz CT molecular complexity index is 667. The van der Waals surface area contributed by atoms with Crippen LogP contribution in [-0.4, -0.2) is 50.9 Å². The van der Waals surface area contributed by atoms with E-state index in [1.54, 1.807) is 0 Å². The van der Waals surface area contributed by atoms with Crippen molar-refractivity contribution >= 4 is 11.9 Å². The van der Waals surface area contributed by atoms with Gasteiger partial charge in [0.2, 0.25) is 11.9 Å². The number of rotatable bonds is 17. The summed E-state index contributed by atoms with van der Waals surface area (Å²) >= 11 is 0. The normalized spacial score (nSPS) is 18.5. The van der Waals surface area contributed by atoms with Crippen LogP contribution in [0.1, 0.15) is 84.0 Å². The maximum absolute atomic E-state index is 12.0. The fourth-order valence-corrected chi connectivity index (χ4v) is 3.25. The summed E-state index contributed by atoms with van der Waals surface area (Å²) in [5, 5.41) is 38.5. The number of unbranched alkanes of at least 4 members (excludes halogenated alkanes) is 8. The van der Waals surface area contributed by atoms with Gasteiger partial charge in [-0.05, 0) is 38.5 Å². The van der Waals surface area contributed by atoms with Crippen LogP contribution in [0.2, 0.25) is 0 Å². The molecule has 2 atom stereocenters. The van der Waals surface area contributed by atoms with E-state index in [9.17, 15) is 30.0 Å². The molecule has 0 bridgehead atoms. The summed E-state index contributed by atoms with van der Waals surface area (Å²) < 4.78 is 9.39. The van der Waals surface area contributed by atoms with Gasteiger partial charge in [-0.3, -0.25) is 4.79 Å². The van der Waals surface area contributed by atoms with E-state index >= 15 is 0 Å². The number of ether oxygens (including phenoxy) is 2. The van der Waals surface area contributed by atoms with Crippen molar-refractivity contribution in [3.63, 3.8) is 0 Å². The van der Waals surface area contributed by atoms with E-state index in [-0.39, 0.29) is 6.42 Å². The fourth-order valence-electron chi connectivity index (χ4n) is 3.25. The van der Waals surface area contributed by atoms with Crippen molar-refractivity contribution in [1.82, 2.24) is 0 Å². The predicted octanol–water partition coefficient (Wildman–Crippen LogP) is 4.28. The Labute approximate surface area is 190 Å². The first-order valence-corrected chi connectivity index (χ1v) is 11.5. The molecule has 8 nitrogen and oxygen atoms in total. The molecule has 0 aromatic heterocycles. The highest BCUT2D eigenvalue weighted by molar-refractivity contribution is 5.89. The molecule has 0 saturated heterocycles. The van der Waals surface area contributed by atoms with Gasteiger partial charge >= 0.3 is 11.9 Å². The first-order valence-electron chi connectivity index (χ1n) is 11.5. The van der Waals surface area contributed by atoms with Crippen molar-refractivity contribution in [1.29, 1.82) is 0 Å². The number of aliphatic hydroxyl groups excluding tert-OH is 3. The summed E-state index contributed by atoms with van der Waals surface area (Å²) in [5.74, 6) is -6.81. The Morgan fingerprint density at radius 3 is 2.16 bits per heavy atom. The van der Waals surface area contributed by atoms with Gasteiger partial charge in [0, 0.05) is 6.42 Å². The van der Waals surface area contributed by atoms with E-state index in [0.717, 1.165) is 44.9 Å². The largest absolute Gasteiger partial charge is 0.505 e. The second-order valence-corrected chi connectivity index (χ2v) is 7.98. The zero-order chi connectivity index (χ0) is 23.8. The second-order valence-electron chi connectivity index (χ2n) is 7.98.